The lowest BCUT2D eigenvalue weighted by molar-refractivity contribution is -0.142. The van der Waals surface area contributed by atoms with Gasteiger partial charge in [-0.15, -0.1) is 0 Å². The SMILES string of the molecule is CCOC(=O)Cc1cnc(Cl)c(-c2ccc(C(F)(F)F)cc2CN(CC)C(=O)C2CC2)c1. The second kappa shape index (κ2) is 9.90. The molecule has 1 saturated carbocycles. The van der Waals surface area contributed by atoms with Crippen LogP contribution in [0.25, 0.3) is 11.1 Å². The molecule has 3 rings (SSSR count). The summed E-state index contributed by atoms with van der Waals surface area (Å²) in [5.41, 5.74) is 0.857. The van der Waals surface area contributed by atoms with Crippen molar-refractivity contribution >= 4 is 23.5 Å². The standard InChI is InChI=1S/C23H24ClF3N2O3/c1-3-29(22(31)15-5-6-15)13-16-11-17(23(25,26)27)7-8-18(16)19-9-14(12-28-21(19)24)10-20(30)32-4-2/h7-9,11-12,15H,3-6,10,13H2,1-2H3. The third-order valence-electron chi connectivity index (χ3n) is 5.25. The number of ether oxygens (including phenoxy) is 1. The van der Waals surface area contributed by atoms with Gasteiger partial charge in [-0.2, -0.15) is 13.2 Å². The highest BCUT2D eigenvalue weighted by molar-refractivity contribution is 6.32. The van der Waals surface area contributed by atoms with E-state index in [2.05, 4.69) is 4.98 Å². The summed E-state index contributed by atoms with van der Waals surface area (Å²) in [7, 11) is 0. The summed E-state index contributed by atoms with van der Waals surface area (Å²) in [5, 5.41) is 0.0928. The van der Waals surface area contributed by atoms with Gasteiger partial charge < -0.3 is 9.64 Å². The molecular weight excluding hydrogens is 445 g/mol. The van der Waals surface area contributed by atoms with Crippen LogP contribution in [-0.2, 0) is 33.5 Å². The number of alkyl halides is 3. The Morgan fingerprint density at radius 1 is 1.19 bits per heavy atom. The highest BCUT2D eigenvalue weighted by atomic mass is 35.5. The molecule has 1 heterocycles. The van der Waals surface area contributed by atoms with E-state index < -0.39 is 17.7 Å². The van der Waals surface area contributed by atoms with Gasteiger partial charge in [0, 0.05) is 30.8 Å². The molecule has 0 unspecified atom stereocenters. The van der Waals surface area contributed by atoms with Crippen LogP contribution < -0.4 is 0 Å². The first kappa shape index (κ1) is 24.0. The van der Waals surface area contributed by atoms with Crippen LogP contribution >= 0.6 is 11.6 Å². The van der Waals surface area contributed by atoms with E-state index in [4.69, 9.17) is 16.3 Å². The zero-order valence-corrected chi connectivity index (χ0v) is 18.6. The van der Waals surface area contributed by atoms with Crippen molar-refractivity contribution in [1.82, 2.24) is 9.88 Å². The summed E-state index contributed by atoms with van der Waals surface area (Å²) in [4.78, 5) is 30.1. The number of rotatable bonds is 8. The first-order chi connectivity index (χ1) is 15.1. The van der Waals surface area contributed by atoms with Crippen LogP contribution in [0.1, 0.15) is 43.4 Å². The van der Waals surface area contributed by atoms with Crippen molar-refractivity contribution in [3.8, 4) is 11.1 Å². The van der Waals surface area contributed by atoms with Crippen molar-refractivity contribution in [3.05, 3.63) is 52.3 Å². The molecule has 1 aliphatic rings. The normalized spacial score (nSPS) is 13.7. The summed E-state index contributed by atoms with van der Waals surface area (Å²) in [6.07, 6.45) is -1.53. The average Bonchev–Trinajstić information content (AvgIpc) is 3.58. The first-order valence-corrected chi connectivity index (χ1v) is 10.8. The van der Waals surface area contributed by atoms with Gasteiger partial charge in [-0.05, 0) is 61.6 Å². The molecule has 0 bridgehead atoms. The summed E-state index contributed by atoms with van der Waals surface area (Å²) >= 11 is 6.29. The molecule has 32 heavy (non-hydrogen) atoms. The van der Waals surface area contributed by atoms with Crippen LogP contribution in [0.3, 0.4) is 0 Å². The largest absolute Gasteiger partial charge is 0.466 e. The van der Waals surface area contributed by atoms with Crippen LogP contribution in [-0.4, -0.2) is 34.9 Å². The topological polar surface area (TPSA) is 59.5 Å². The lowest BCUT2D eigenvalue weighted by Gasteiger charge is -2.24. The van der Waals surface area contributed by atoms with E-state index >= 15 is 0 Å². The zero-order valence-electron chi connectivity index (χ0n) is 17.8. The Bertz CT molecular complexity index is 1010. The fourth-order valence-corrected chi connectivity index (χ4v) is 3.66. The molecule has 0 N–H and O–H groups in total. The van der Waals surface area contributed by atoms with Crippen molar-refractivity contribution in [2.75, 3.05) is 13.2 Å². The summed E-state index contributed by atoms with van der Waals surface area (Å²) in [6.45, 7) is 4.11. The molecule has 1 aromatic carbocycles. The van der Waals surface area contributed by atoms with Crippen molar-refractivity contribution in [2.45, 2.75) is 45.8 Å². The Kier molecular flexibility index (Phi) is 7.44. The summed E-state index contributed by atoms with van der Waals surface area (Å²) in [5.74, 6) is -0.555. The molecule has 9 heteroatoms. The second-order valence-corrected chi connectivity index (χ2v) is 8.02. The van der Waals surface area contributed by atoms with Gasteiger partial charge >= 0.3 is 12.1 Å². The number of hydrogen-bond acceptors (Lipinski definition) is 4. The number of carbonyl (C=O) groups excluding carboxylic acids is 2. The number of nitrogens with zero attached hydrogens (tertiary/aromatic N) is 2. The molecule has 2 aromatic rings. The molecular formula is C23H24ClF3N2O3. The van der Waals surface area contributed by atoms with Gasteiger partial charge in [-0.1, -0.05) is 17.7 Å². The Morgan fingerprint density at radius 2 is 1.91 bits per heavy atom. The average molecular weight is 469 g/mol. The van der Waals surface area contributed by atoms with Crippen LogP contribution in [0.5, 0.6) is 0 Å². The van der Waals surface area contributed by atoms with E-state index in [-0.39, 0.29) is 36.6 Å². The van der Waals surface area contributed by atoms with Crippen LogP contribution in [0.2, 0.25) is 5.15 Å². The van der Waals surface area contributed by atoms with E-state index in [1.807, 2.05) is 0 Å². The first-order valence-electron chi connectivity index (χ1n) is 10.4. The fourth-order valence-electron chi connectivity index (χ4n) is 3.46. The molecule has 1 amide bonds. The number of aromatic nitrogens is 1. The molecule has 0 spiro atoms. The number of esters is 1. The number of pyridine rings is 1. The van der Waals surface area contributed by atoms with Crippen LogP contribution in [0.4, 0.5) is 13.2 Å². The van der Waals surface area contributed by atoms with Gasteiger partial charge in [0.25, 0.3) is 0 Å². The summed E-state index contributed by atoms with van der Waals surface area (Å²) < 4.78 is 45.2. The summed E-state index contributed by atoms with van der Waals surface area (Å²) in [6, 6.07) is 4.99. The second-order valence-electron chi connectivity index (χ2n) is 7.66. The highest BCUT2D eigenvalue weighted by Gasteiger charge is 2.34. The molecule has 172 valence electrons. The maximum Gasteiger partial charge on any atom is 0.416 e. The Balaban J connectivity index is 2.03. The van der Waals surface area contributed by atoms with Crippen molar-refractivity contribution in [1.29, 1.82) is 0 Å². The molecule has 1 aliphatic carbocycles. The van der Waals surface area contributed by atoms with E-state index in [0.717, 1.165) is 25.0 Å². The monoisotopic (exact) mass is 468 g/mol. The van der Waals surface area contributed by atoms with Gasteiger partial charge in [0.05, 0.1) is 18.6 Å². The highest BCUT2D eigenvalue weighted by Crippen LogP contribution is 2.37. The van der Waals surface area contributed by atoms with E-state index in [1.54, 1.807) is 24.8 Å². The molecule has 1 aromatic heterocycles. The fraction of sp³-hybridized carbons (Fsp3) is 0.435. The maximum absolute atomic E-state index is 13.4. The lowest BCUT2D eigenvalue weighted by Crippen LogP contribution is -2.31. The van der Waals surface area contributed by atoms with Crippen LogP contribution in [0.15, 0.2) is 30.5 Å². The number of hydrogen-bond donors (Lipinski definition) is 0. The minimum absolute atomic E-state index is 0.0174. The lowest BCUT2D eigenvalue weighted by atomic mass is 9.96. The van der Waals surface area contributed by atoms with Gasteiger partial charge in [-0.25, -0.2) is 4.98 Å². The number of amides is 1. The zero-order chi connectivity index (χ0) is 23.5. The number of carbonyl (C=O) groups is 2. The predicted molar refractivity (Wildman–Crippen MR) is 114 cm³/mol. The van der Waals surface area contributed by atoms with Gasteiger partial charge in [0.2, 0.25) is 5.91 Å². The predicted octanol–water partition coefficient (Wildman–Crippen LogP) is 5.28. The Hall–Kier alpha value is -2.61. The molecule has 0 radical (unpaired) electrons. The van der Waals surface area contributed by atoms with Gasteiger partial charge in [-0.3, -0.25) is 9.59 Å². The van der Waals surface area contributed by atoms with E-state index in [1.165, 1.54) is 12.3 Å². The number of halogens is 4. The van der Waals surface area contributed by atoms with Crippen LogP contribution in [0, 0.1) is 5.92 Å². The van der Waals surface area contributed by atoms with Crippen molar-refractivity contribution in [3.63, 3.8) is 0 Å². The van der Waals surface area contributed by atoms with Gasteiger partial charge in [0.15, 0.2) is 0 Å². The molecule has 0 saturated heterocycles. The van der Waals surface area contributed by atoms with E-state index in [9.17, 15) is 22.8 Å². The minimum Gasteiger partial charge on any atom is -0.466 e. The quantitative estimate of drug-likeness (QED) is 0.390. The number of benzene rings is 1. The Morgan fingerprint density at radius 3 is 2.50 bits per heavy atom. The minimum atomic E-state index is -4.53. The van der Waals surface area contributed by atoms with E-state index in [0.29, 0.717) is 28.8 Å². The molecule has 0 aliphatic heterocycles. The third-order valence-corrected chi connectivity index (χ3v) is 5.55. The molecule has 0 atom stereocenters. The van der Waals surface area contributed by atoms with Crippen molar-refractivity contribution in [2.24, 2.45) is 5.92 Å². The smallest absolute Gasteiger partial charge is 0.416 e. The molecule has 5 nitrogen and oxygen atoms in total. The molecule has 1 fully saturated rings. The third kappa shape index (κ3) is 5.79. The van der Waals surface area contributed by atoms with Crippen molar-refractivity contribution < 1.29 is 27.5 Å². The maximum atomic E-state index is 13.4. The Labute approximate surface area is 189 Å². The van der Waals surface area contributed by atoms with Gasteiger partial charge in [0.1, 0.15) is 5.15 Å².